The summed E-state index contributed by atoms with van der Waals surface area (Å²) >= 11 is 0. The van der Waals surface area contributed by atoms with Gasteiger partial charge in [-0.1, -0.05) is 24.3 Å². The molecule has 4 heteroatoms. The Morgan fingerprint density at radius 3 is 2.78 bits per heavy atom. The Kier molecular flexibility index (Phi) is 6.40. The van der Waals surface area contributed by atoms with Gasteiger partial charge in [-0.05, 0) is 79.8 Å². The molecule has 0 amide bonds. The van der Waals surface area contributed by atoms with E-state index >= 15 is 0 Å². The second-order valence-electron chi connectivity index (χ2n) is 7.79. The van der Waals surface area contributed by atoms with Crippen LogP contribution in [0.5, 0.6) is 11.5 Å². The first-order chi connectivity index (χ1) is 13.0. The topological polar surface area (TPSA) is 64.7 Å². The summed E-state index contributed by atoms with van der Waals surface area (Å²) in [6.45, 7) is 2.85. The van der Waals surface area contributed by atoms with E-state index in [9.17, 15) is 5.11 Å². The number of aliphatic hydroxyl groups excluding tert-OH is 1. The van der Waals surface area contributed by atoms with Gasteiger partial charge in [0.25, 0.3) is 0 Å². The minimum Gasteiger partial charge on any atom is -0.497 e. The van der Waals surface area contributed by atoms with Crippen molar-refractivity contribution < 1.29 is 14.6 Å². The highest BCUT2D eigenvalue weighted by Gasteiger charge is 2.35. The molecule has 1 aliphatic carbocycles. The van der Waals surface area contributed by atoms with Gasteiger partial charge in [-0.25, -0.2) is 0 Å². The number of aryl methyl sites for hydroxylation is 2. The van der Waals surface area contributed by atoms with Gasteiger partial charge in [-0.15, -0.1) is 0 Å². The van der Waals surface area contributed by atoms with Gasteiger partial charge in [0, 0.05) is 5.54 Å². The van der Waals surface area contributed by atoms with Gasteiger partial charge in [0.2, 0.25) is 0 Å². The van der Waals surface area contributed by atoms with E-state index in [1.54, 1.807) is 7.11 Å². The second kappa shape index (κ2) is 8.77. The first kappa shape index (κ1) is 19.7. The minimum absolute atomic E-state index is 0.0664. The molecule has 146 valence electrons. The van der Waals surface area contributed by atoms with E-state index in [-0.39, 0.29) is 6.61 Å². The third-order valence-corrected chi connectivity index (χ3v) is 5.63. The summed E-state index contributed by atoms with van der Waals surface area (Å²) in [6, 6.07) is 14.6. The van der Waals surface area contributed by atoms with Crippen molar-refractivity contribution in [3.63, 3.8) is 0 Å². The van der Waals surface area contributed by atoms with Crippen LogP contribution in [-0.2, 0) is 6.42 Å². The molecular weight excluding hydrogens is 338 g/mol. The molecule has 2 aromatic carbocycles. The molecule has 0 aliphatic heterocycles. The average molecular weight is 370 g/mol. The van der Waals surface area contributed by atoms with E-state index < -0.39 is 5.54 Å². The molecule has 1 fully saturated rings. The van der Waals surface area contributed by atoms with Crippen molar-refractivity contribution in [3.05, 3.63) is 59.2 Å². The van der Waals surface area contributed by atoms with Crippen LogP contribution in [0.25, 0.3) is 0 Å². The van der Waals surface area contributed by atoms with Gasteiger partial charge < -0.3 is 20.3 Å². The molecule has 1 aliphatic rings. The number of methoxy groups -OCH3 is 1. The van der Waals surface area contributed by atoms with Crippen LogP contribution in [-0.4, -0.2) is 31.0 Å². The van der Waals surface area contributed by atoms with E-state index in [4.69, 9.17) is 15.2 Å². The fourth-order valence-electron chi connectivity index (χ4n) is 3.96. The van der Waals surface area contributed by atoms with E-state index in [1.807, 2.05) is 12.1 Å². The molecule has 0 saturated heterocycles. The van der Waals surface area contributed by atoms with Crippen molar-refractivity contribution in [3.8, 4) is 11.5 Å². The van der Waals surface area contributed by atoms with E-state index in [2.05, 4.69) is 37.3 Å². The molecule has 2 aromatic rings. The van der Waals surface area contributed by atoms with Crippen LogP contribution >= 0.6 is 0 Å². The molecule has 0 spiro atoms. The summed E-state index contributed by atoms with van der Waals surface area (Å²) < 4.78 is 11.3. The van der Waals surface area contributed by atoms with Crippen LogP contribution in [0.1, 0.15) is 48.3 Å². The summed E-state index contributed by atoms with van der Waals surface area (Å²) in [6.07, 6.45) is 4.70. The molecule has 1 saturated carbocycles. The fourth-order valence-corrected chi connectivity index (χ4v) is 3.96. The number of aliphatic hydroxyl groups is 1. The Bertz CT molecular complexity index is 761. The summed E-state index contributed by atoms with van der Waals surface area (Å²) in [5.41, 5.74) is 9.54. The lowest BCUT2D eigenvalue weighted by molar-refractivity contribution is 0.198. The lowest BCUT2D eigenvalue weighted by Gasteiger charge is -2.21. The Balaban J connectivity index is 1.51. The van der Waals surface area contributed by atoms with Crippen molar-refractivity contribution in [2.45, 2.75) is 50.5 Å². The summed E-state index contributed by atoms with van der Waals surface area (Å²) in [4.78, 5) is 0. The lowest BCUT2D eigenvalue weighted by atomic mass is 9.92. The number of ether oxygens (including phenoxy) is 2. The lowest BCUT2D eigenvalue weighted by Crippen LogP contribution is -2.40. The maximum atomic E-state index is 9.47. The summed E-state index contributed by atoms with van der Waals surface area (Å²) in [7, 11) is 1.69. The van der Waals surface area contributed by atoms with Crippen LogP contribution in [0, 0.1) is 6.92 Å². The minimum atomic E-state index is -0.409. The smallest absolute Gasteiger partial charge is 0.122 e. The van der Waals surface area contributed by atoms with E-state index in [1.165, 1.54) is 11.1 Å². The molecule has 4 nitrogen and oxygen atoms in total. The number of nitrogens with two attached hydrogens (primary N) is 1. The van der Waals surface area contributed by atoms with Crippen LogP contribution in [0.2, 0.25) is 0 Å². The highest BCUT2D eigenvalue weighted by Crippen LogP contribution is 2.40. The number of benzene rings is 2. The van der Waals surface area contributed by atoms with Crippen LogP contribution in [0.15, 0.2) is 42.5 Å². The number of hydrogen-bond acceptors (Lipinski definition) is 4. The van der Waals surface area contributed by atoms with E-state index in [0.29, 0.717) is 12.5 Å². The van der Waals surface area contributed by atoms with Crippen LogP contribution in [0.4, 0.5) is 0 Å². The molecule has 0 heterocycles. The Labute approximate surface area is 162 Å². The first-order valence-corrected chi connectivity index (χ1v) is 9.79. The molecule has 3 rings (SSSR count). The molecular formula is C23H31NO3. The highest BCUT2D eigenvalue weighted by molar-refractivity contribution is 5.38. The molecule has 0 bridgehead atoms. The van der Waals surface area contributed by atoms with Crippen molar-refractivity contribution in [2.75, 3.05) is 20.3 Å². The first-order valence-electron chi connectivity index (χ1n) is 9.79. The van der Waals surface area contributed by atoms with Gasteiger partial charge in [-0.2, -0.15) is 0 Å². The molecule has 2 atom stereocenters. The zero-order valence-electron chi connectivity index (χ0n) is 16.4. The Morgan fingerprint density at radius 2 is 2.07 bits per heavy atom. The van der Waals surface area contributed by atoms with Gasteiger partial charge in [0.05, 0.1) is 20.3 Å². The number of rotatable bonds is 8. The average Bonchev–Trinajstić information content (AvgIpc) is 3.09. The van der Waals surface area contributed by atoms with Crippen LogP contribution in [0.3, 0.4) is 0 Å². The highest BCUT2D eigenvalue weighted by atomic mass is 16.5. The summed E-state index contributed by atoms with van der Waals surface area (Å²) in [5, 5.41) is 9.47. The van der Waals surface area contributed by atoms with Gasteiger partial charge in [-0.3, -0.25) is 0 Å². The van der Waals surface area contributed by atoms with Crippen molar-refractivity contribution >= 4 is 0 Å². The number of hydrogen-bond donors (Lipinski definition) is 2. The maximum Gasteiger partial charge on any atom is 0.122 e. The van der Waals surface area contributed by atoms with Gasteiger partial charge >= 0.3 is 0 Å². The quantitative estimate of drug-likeness (QED) is 0.691. The molecule has 0 aromatic heterocycles. The monoisotopic (exact) mass is 369 g/mol. The zero-order chi connectivity index (χ0) is 19.3. The maximum absolute atomic E-state index is 9.47. The predicted molar refractivity (Wildman–Crippen MR) is 109 cm³/mol. The van der Waals surface area contributed by atoms with Crippen molar-refractivity contribution in [2.24, 2.45) is 5.73 Å². The largest absolute Gasteiger partial charge is 0.497 e. The van der Waals surface area contributed by atoms with Crippen molar-refractivity contribution in [1.82, 2.24) is 0 Å². The third kappa shape index (κ3) is 5.02. The van der Waals surface area contributed by atoms with E-state index in [0.717, 1.165) is 49.2 Å². The second-order valence-corrected chi connectivity index (χ2v) is 7.79. The SMILES string of the molecule is COc1cccc(CCCOc2ccc([C@@H]3CC[C@@](N)(CO)C3)cc2C)c1. The van der Waals surface area contributed by atoms with Crippen molar-refractivity contribution in [1.29, 1.82) is 0 Å². The standard InChI is InChI=1S/C23H31NO3/c1-17-13-19(20-10-11-23(24,15-20)16-25)8-9-22(17)27-12-4-6-18-5-3-7-21(14-18)26-2/h3,5,7-9,13-14,20,25H,4,6,10-12,15-16,24H2,1-2H3/t20-,23+/m1/s1. The predicted octanol–water partition coefficient (Wildman–Crippen LogP) is 3.97. The summed E-state index contributed by atoms with van der Waals surface area (Å²) in [5.74, 6) is 2.28. The molecule has 0 unspecified atom stereocenters. The van der Waals surface area contributed by atoms with Gasteiger partial charge in [0.1, 0.15) is 11.5 Å². The van der Waals surface area contributed by atoms with Gasteiger partial charge in [0.15, 0.2) is 0 Å². The van der Waals surface area contributed by atoms with Crippen LogP contribution < -0.4 is 15.2 Å². The Hall–Kier alpha value is -2.04. The normalized spacial score (nSPS) is 22.0. The zero-order valence-corrected chi connectivity index (χ0v) is 16.4. The third-order valence-electron chi connectivity index (χ3n) is 5.63. The molecule has 3 N–H and O–H groups in total. The Morgan fingerprint density at radius 1 is 1.22 bits per heavy atom. The fraction of sp³-hybridized carbons (Fsp3) is 0.478. The molecule has 0 radical (unpaired) electrons. The molecule has 27 heavy (non-hydrogen) atoms.